The summed E-state index contributed by atoms with van der Waals surface area (Å²) in [5.74, 6) is 1.78. The summed E-state index contributed by atoms with van der Waals surface area (Å²) in [6.45, 7) is 4.53. The number of aromatic nitrogens is 1. The van der Waals surface area contributed by atoms with E-state index in [0.717, 1.165) is 35.3 Å². The molecule has 0 radical (unpaired) electrons. The number of ether oxygens (including phenoxy) is 1. The molecule has 1 N–H and O–H groups in total. The molecule has 1 aliphatic carbocycles. The molecule has 2 aromatic rings. The van der Waals surface area contributed by atoms with Gasteiger partial charge in [0.25, 0.3) is 5.91 Å². The van der Waals surface area contributed by atoms with E-state index in [1.807, 2.05) is 25.1 Å². The maximum Gasteiger partial charge on any atom is 0.274 e. The van der Waals surface area contributed by atoms with E-state index in [4.69, 9.17) is 9.26 Å². The van der Waals surface area contributed by atoms with Crippen LogP contribution in [0.1, 0.15) is 54.2 Å². The number of hydrogen-bond acceptors (Lipinski definition) is 4. The molecule has 126 valence electrons. The predicted molar refractivity (Wildman–Crippen MR) is 89.9 cm³/mol. The molecular weight excluding hydrogens is 304 g/mol. The Kier molecular flexibility index (Phi) is 3.79. The minimum atomic E-state index is -0.154. The number of rotatable bonds is 2. The van der Waals surface area contributed by atoms with Crippen molar-refractivity contribution in [3.8, 4) is 17.1 Å². The van der Waals surface area contributed by atoms with E-state index in [-0.39, 0.29) is 11.9 Å². The maximum atomic E-state index is 12.7. The zero-order valence-corrected chi connectivity index (χ0v) is 14.1. The van der Waals surface area contributed by atoms with Crippen LogP contribution >= 0.6 is 0 Å². The number of amides is 1. The summed E-state index contributed by atoms with van der Waals surface area (Å²) < 4.78 is 11.3. The van der Waals surface area contributed by atoms with E-state index in [0.29, 0.717) is 24.0 Å². The van der Waals surface area contributed by atoms with E-state index in [9.17, 15) is 4.79 Å². The van der Waals surface area contributed by atoms with E-state index < -0.39 is 0 Å². The van der Waals surface area contributed by atoms with E-state index >= 15 is 0 Å². The summed E-state index contributed by atoms with van der Waals surface area (Å²) in [5, 5.41) is 7.19. The van der Waals surface area contributed by atoms with Crippen molar-refractivity contribution in [3.63, 3.8) is 0 Å². The molecule has 2 atom stereocenters. The highest BCUT2D eigenvalue weighted by atomic mass is 16.5. The highest BCUT2D eigenvalue weighted by molar-refractivity contribution is 5.95. The van der Waals surface area contributed by atoms with Gasteiger partial charge in [-0.25, -0.2) is 0 Å². The first-order valence-electron chi connectivity index (χ1n) is 8.66. The van der Waals surface area contributed by atoms with Crippen LogP contribution in [-0.4, -0.2) is 17.1 Å². The number of fused-ring (bicyclic) bond motifs is 3. The van der Waals surface area contributed by atoms with Crippen molar-refractivity contribution < 1.29 is 14.1 Å². The van der Waals surface area contributed by atoms with E-state index in [1.54, 1.807) is 0 Å². The Balaban J connectivity index is 1.61. The standard InChI is InChI=1S/C19H22N2O3/c1-11-7-8-16-13(9-11)18-14(10-23-16)17(21-24-18)19(22)20-15-6-4-3-5-12(15)2/h7-9,12,15H,3-6,10H2,1-2H3,(H,20,22)/t12-,15-/m1/s1. The smallest absolute Gasteiger partial charge is 0.274 e. The predicted octanol–water partition coefficient (Wildman–Crippen LogP) is 3.85. The number of carbonyl (C=O) groups excluding carboxylic acids is 1. The molecule has 2 aliphatic rings. The number of benzene rings is 1. The lowest BCUT2D eigenvalue weighted by Gasteiger charge is -2.29. The largest absolute Gasteiger partial charge is 0.488 e. The molecule has 1 amide bonds. The van der Waals surface area contributed by atoms with Crippen LogP contribution in [0.15, 0.2) is 22.7 Å². The van der Waals surface area contributed by atoms with Gasteiger partial charge in [0.05, 0.1) is 11.1 Å². The fraction of sp³-hybridized carbons (Fsp3) is 0.474. The van der Waals surface area contributed by atoms with Crippen molar-refractivity contribution >= 4 is 5.91 Å². The van der Waals surface area contributed by atoms with Gasteiger partial charge in [-0.3, -0.25) is 4.79 Å². The van der Waals surface area contributed by atoms with Gasteiger partial charge in [0, 0.05) is 6.04 Å². The van der Waals surface area contributed by atoms with E-state index in [1.165, 1.54) is 12.8 Å². The number of nitrogens with one attached hydrogen (secondary N) is 1. The molecule has 1 saturated carbocycles. The third-order valence-electron chi connectivity index (χ3n) is 5.18. The molecule has 0 unspecified atom stereocenters. The quantitative estimate of drug-likeness (QED) is 0.910. The molecule has 5 heteroatoms. The van der Waals surface area contributed by atoms with Crippen molar-refractivity contribution in [2.75, 3.05) is 0 Å². The van der Waals surface area contributed by atoms with Gasteiger partial charge in [0.2, 0.25) is 0 Å². The van der Waals surface area contributed by atoms with Crippen molar-refractivity contribution in [2.24, 2.45) is 5.92 Å². The minimum Gasteiger partial charge on any atom is -0.488 e. The fourth-order valence-corrected chi connectivity index (χ4v) is 3.70. The second-order valence-corrected chi connectivity index (χ2v) is 6.97. The average molecular weight is 326 g/mol. The van der Waals surface area contributed by atoms with Crippen LogP contribution in [0.25, 0.3) is 11.3 Å². The van der Waals surface area contributed by atoms with Crippen LogP contribution in [-0.2, 0) is 6.61 Å². The van der Waals surface area contributed by atoms with Gasteiger partial charge in [-0.1, -0.05) is 36.6 Å². The van der Waals surface area contributed by atoms with Gasteiger partial charge >= 0.3 is 0 Å². The average Bonchev–Trinajstić information content (AvgIpc) is 3.01. The van der Waals surface area contributed by atoms with Gasteiger partial charge in [-0.15, -0.1) is 0 Å². The Hall–Kier alpha value is -2.30. The van der Waals surface area contributed by atoms with Gasteiger partial charge in [0.15, 0.2) is 11.5 Å². The van der Waals surface area contributed by atoms with Crippen molar-refractivity contribution in [1.82, 2.24) is 10.5 Å². The van der Waals surface area contributed by atoms with Gasteiger partial charge in [0.1, 0.15) is 12.4 Å². The highest BCUT2D eigenvalue weighted by Gasteiger charge is 2.31. The minimum absolute atomic E-state index is 0.154. The van der Waals surface area contributed by atoms with Gasteiger partial charge in [-0.2, -0.15) is 0 Å². The van der Waals surface area contributed by atoms with Crippen LogP contribution in [0.2, 0.25) is 0 Å². The molecule has 0 saturated heterocycles. The molecule has 5 nitrogen and oxygen atoms in total. The Morgan fingerprint density at radius 1 is 1.29 bits per heavy atom. The van der Waals surface area contributed by atoms with Crippen LogP contribution in [0.3, 0.4) is 0 Å². The third kappa shape index (κ3) is 2.58. The van der Waals surface area contributed by atoms with Crippen molar-refractivity contribution in [2.45, 2.75) is 52.2 Å². The first kappa shape index (κ1) is 15.2. The van der Waals surface area contributed by atoms with Crippen molar-refractivity contribution in [1.29, 1.82) is 0 Å². The lowest BCUT2D eigenvalue weighted by Crippen LogP contribution is -2.41. The highest BCUT2D eigenvalue weighted by Crippen LogP contribution is 2.39. The normalized spacial score (nSPS) is 22.2. The number of nitrogens with zero attached hydrogens (tertiary/aromatic N) is 1. The topological polar surface area (TPSA) is 64.4 Å². The van der Waals surface area contributed by atoms with E-state index in [2.05, 4.69) is 17.4 Å². The second kappa shape index (κ2) is 5.96. The van der Waals surface area contributed by atoms with Crippen LogP contribution in [0.5, 0.6) is 5.75 Å². The molecule has 1 fully saturated rings. The maximum absolute atomic E-state index is 12.7. The molecule has 2 heterocycles. The summed E-state index contributed by atoms with van der Waals surface area (Å²) in [4.78, 5) is 12.7. The molecule has 24 heavy (non-hydrogen) atoms. The summed E-state index contributed by atoms with van der Waals surface area (Å²) in [6.07, 6.45) is 4.61. The first-order chi connectivity index (χ1) is 11.6. The Bertz CT molecular complexity index is 781. The third-order valence-corrected chi connectivity index (χ3v) is 5.18. The zero-order chi connectivity index (χ0) is 16.7. The number of aryl methyl sites for hydroxylation is 1. The fourth-order valence-electron chi connectivity index (χ4n) is 3.70. The molecule has 0 spiro atoms. The summed E-state index contributed by atoms with van der Waals surface area (Å²) in [6, 6.07) is 6.15. The number of carbonyl (C=O) groups is 1. The summed E-state index contributed by atoms with van der Waals surface area (Å²) in [7, 11) is 0. The van der Waals surface area contributed by atoms with Gasteiger partial charge < -0.3 is 14.6 Å². The molecule has 1 aliphatic heterocycles. The van der Waals surface area contributed by atoms with Crippen molar-refractivity contribution in [3.05, 3.63) is 35.0 Å². The number of hydrogen-bond donors (Lipinski definition) is 1. The molecule has 1 aromatic heterocycles. The lowest BCUT2D eigenvalue weighted by molar-refractivity contribution is 0.0899. The molecule has 0 bridgehead atoms. The summed E-state index contributed by atoms with van der Waals surface area (Å²) >= 11 is 0. The van der Waals surface area contributed by atoms with Crippen LogP contribution in [0, 0.1) is 12.8 Å². The Morgan fingerprint density at radius 2 is 2.12 bits per heavy atom. The second-order valence-electron chi connectivity index (χ2n) is 6.97. The van der Waals surface area contributed by atoms with Crippen LogP contribution in [0.4, 0.5) is 0 Å². The summed E-state index contributed by atoms with van der Waals surface area (Å²) in [5.41, 5.74) is 3.08. The lowest BCUT2D eigenvalue weighted by atomic mass is 9.86. The SMILES string of the molecule is Cc1ccc2c(c1)-c1onc(C(=O)N[C@@H]3CCCC[C@H]3C)c1CO2. The monoisotopic (exact) mass is 326 g/mol. The molecular formula is C19H22N2O3. The molecule has 4 rings (SSSR count). The Morgan fingerprint density at radius 3 is 2.96 bits per heavy atom. The van der Waals surface area contributed by atoms with Gasteiger partial charge in [-0.05, 0) is 37.8 Å². The van der Waals surface area contributed by atoms with Crippen LogP contribution < -0.4 is 10.1 Å². The molecule has 1 aromatic carbocycles. The zero-order valence-electron chi connectivity index (χ0n) is 14.1. The Labute approximate surface area is 141 Å². The first-order valence-corrected chi connectivity index (χ1v) is 8.66.